The highest BCUT2D eigenvalue weighted by molar-refractivity contribution is 8.18. The molecule has 10 heteroatoms. The standard InChI is InChI=1S/C20H14ClF3N2O3S/c1-11-2-7-14(9-15(11)21)25-17(27)10-26-18(28)16(30-19(26)29)8-12-3-5-13(6-4-12)20(22,23)24/h2-9H,10H2,1H3,(H,25,27)/b16-8-. The summed E-state index contributed by atoms with van der Waals surface area (Å²) in [5.41, 5.74) is 0.754. The van der Waals surface area contributed by atoms with Gasteiger partial charge in [-0.1, -0.05) is 29.8 Å². The largest absolute Gasteiger partial charge is 0.416 e. The maximum absolute atomic E-state index is 12.6. The molecule has 3 rings (SSSR count). The lowest BCUT2D eigenvalue weighted by atomic mass is 10.1. The number of nitrogens with zero attached hydrogens (tertiary/aromatic N) is 1. The monoisotopic (exact) mass is 454 g/mol. The smallest absolute Gasteiger partial charge is 0.324 e. The second kappa shape index (κ2) is 8.53. The molecule has 0 aromatic heterocycles. The van der Waals surface area contributed by atoms with Crippen molar-refractivity contribution in [3.63, 3.8) is 0 Å². The Balaban J connectivity index is 1.68. The average Bonchev–Trinajstić information content (AvgIpc) is 2.92. The molecule has 2 aromatic carbocycles. The SMILES string of the molecule is Cc1ccc(NC(=O)CN2C(=O)S/C(=C\c3ccc(C(F)(F)F)cc3)C2=O)cc1Cl. The quantitative estimate of drug-likeness (QED) is 0.633. The van der Waals surface area contributed by atoms with Crippen molar-refractivity contribution in [3.8, 4) is 0 Å². The summed E-state index contributed by atoms with van der Waals surface area (Å²) in [6, 6.07) is 9.07. The molecule has 1 heterocycles. The fraction of sp³-hybridized carbons (Fsp3) is 0.150. The molecule has 1 fully saturated rings. The average molecular weight is 455 g/mol. The van der Waals surface area contributed by atoms with E-state index in [9.17, 15) is 27.6 Å². The van der Waals surface area contributed by atoms with E-state index in [4.69, 9.17) is 11.6 Å². The van der Waals surface area contributed by atoms with E-state index in [-0.39, 0.29) is 4.91 Å². The van der Waals surface area contributed by atoms with Crippen molar-refractivity contribution in [3.05, 3.63) is 69.1 Å². The number of anilines is 1. The maximum Gasteiger partial charge on any atom is 0.416 e. The third-order valence-electron chi connectivity index (χ3n) is 4.17. The Morgan fingerprint density at radius 3 is 2.43 bits per heavy atom. The first-order valence-electron chi connectivity index (χ1n) is 8.53. The molecule has 0 radical (unpaired) electrons. The summed E-state index contributed by atoms with van der Waals surface area (Å²) in [6.45, 7) is 1.30. The number of carbonyl (C=O) groups is 3. The summed E-state index contributed by atoms with van der Waals surface area (Å²) in [7, 11) is 0. The lowest BCUT2D eigenvalue weighted by Gasteiger charge is -2.13. The third-order valence-corrected chi connectivity index (χ3v) is 5.48. The topological polar surface area (TPSA) is 66.5 Å². The Labute approximate surface area is 178 Å². The van der Waals surface area contributed by atoms with Gasteiger partial charge in [0.25, 0.3) is 11.1 Å². The zero-order valence-corrected chi connectivity index (χ0v) is 17.0. The number of thioether (sulfide) groups is 1. The number of amides is 3. The second-order valence-electron chi connectivity index (χ2n) is 6.40. The van der Waals surface area contributed by atoms with Gasteiger partial charge >= 0.3 is 6.18 Å². The van der Waals surface area contributed by atoms with Crippen LogP contribution in [0.4, 0.5) is 23.7 Å². The summed E-state index contributed by atoms with van der Waals surface area (Å²) in [5.74, 6) is -1.28. The van der Waals surface area contributed by atoms with Crippen LogP contribution in [0.3, 0.4) is 0 Å². The molecular weight excluding hydrogens is 441 g/mol. The summed E-state index contributed by atoms with van der Waals surface area (Å²) in [5, 5.41) is 2.37. The van der Waals surface area contributed by atoms with E-state index in [0.717, 1.165) is 22.6 Å². The minimum Gasteiger partial charge on any atom is -0.324 e. The minimum absolute atomic E-state index is 0.0194. The van der Waals surface area contributed by atoms with Gasteiger partial charge in [-0.2, -0.15) is 13.2 Å². The predicted octanol–water partition coefficient (Wildman–Crippen LogP) is 5.34. The fourth-order valence-corrected chi connectivity index (χ4v) is 3.59. The molecule has 156 valence electrons. The zero-order chi connectivity index (χ0) is 22.1. The normalized spacial score (nSPS) is 15.8. The third kappa shape index (κ3) is 5.03. The number of aryl methyl sites for hydroxylation is 1. The number of hydrogen-bond acceptors (Lipinski definition) is 4. The second-order valence-corrected chi connectivity index (χ2v) is 7.80. The Morgan fingerprint density at radius 1 is 1.17 bits per heavy atom. The first-order chi connectivity index (χ1) is 14.0. The highest BCUT2D eigenvalue weighted by atomic mass is 35.5. The molecular formula is C20H14ClF3N2O3S. The van der Waals surface area contributed by atoms with Crippen LogP contribution in [0, 0.1) is 6.92 Å². The molecule has 0 unspecified atom stereocenters. The molecule has 30 heavy (non-hydrogen) atoms. The molecule has 5 nitrogen and oxygen atoms in total. The summed E-state index contributed by atoms with van der Waals surface area (Å²) >= 11 is 6.62. The van der Waals surface area contributed by atoms with Crippen LogP contribution in [-0.2, 0) is 15.8 Å². The molecule has 0 bridgehead atoms. The first kappa shape index (κ1) is 21.9. The van der Waals surface area contributed by atoms with Gasteiger partial charge in [-0.25, -0.2) is 0 Å². The maximum atomic E-state index is 12.6. The first-order valence-corrected chi connectivity index (χ1v) is 9.72. The Bertz CT molecular complexity index is 1050. The van der Waals surface area contributed by atoms with E-state index in [1.165, 1.54) is 18.2 Å². The van der Waals surface area contributed by atoms with Crippen molar-refractivity contribution in [2.75, 3.05) is 11.9 Å². The number of hydrogen-bond donors (Lipinski definition) is 1. The van der Waals surface area contributed by atoms with E-state index >= 15 is 0 Å². The number of rotatable bonds is 4. The van der Waals surface area contributed by atoms with Gasteiger partial charge in [0.15, 0.2) is 0 Å². The molecule has 3 amide bonds. The highest BCUT2D eigenvalue weighted by Crippen LogP contribution is 2.33. The Morgan fingerprint density at radius 2 is 1.83 bits per heavy atom. The molecule has 0 atom stereocenters. The minimum atomic E-state index is -4.47. The van der Waals surface area contributed by atoms with Crippen molar-refractivity contribution < 1.29 is 27.6 Å². The van der Waals surface area contributed by atoms with Gasteiger partial charge in [-0.05, 0) is 60.2 Å². The van der Waals surface area contributed by atoms with Crippen molar-refractivity contribution in [2.45, 2.75) is 13.1 Å². The lowest BCUT2D eigenvalue weighted by Crippen LogP contribution is -2.36. The van der Waals surface area contributed by atoms with Gasteiger partial charge in [0.1, 0.15) is 6.54 Å². The van der Waals surface area contributed by atoms with E-state index in [0.29, 0.717) is 28.0 Å². The van der Waals surface area contributed by atoms with E-state index in [1.807, 2.05) is 0 Å². The molecule has 1 N–H and O–H groups in total. The fourth-order valence-electron chi connectivity index (χ4n) is 2.57. The molecule has 0 spiro atoms. The van der Waals surface area contributed by atoms with E-state index in [1.54, 1.807) is 25.1 Å². The van der Waals surface area contributed by atoms with Crippen molar-refractivity contribution in [1.82, 2.24) is 4.90 Å². The lowest BCUT2D eigenvalue weighted by molar-refractivity contribution is -0.137. The molecule has 0 aliphatic carbocycles. The Kier molecular flexibility index (Phi) is 6.23. The van der Waals surface area contributed by atoms with Crippen LogP contribution < -0.4 is 5.32 Å². The van der Waals surface area contributed by atoms with Gasteiger partial charge < -0.3 is 5.32 Å². The number of nitrogens with one attached hydrogen (secondary N) is 1. The number of benzene rings is 2. The number of halogens is 4. The van der Waals surface area contributed by atoms with Crippen molar-refractivity contribution in [1.29, 1.82) is 0 Å². The van der Waals surface area contributed by atoms with Gasteiger partial charge in [-0.15, -0.1) is 0 Å². The van der Waals surface area contributed by atoms with E-state index in [2.05, 4.69) is 5.32 Å². The molecule has 0 saturated carbocycles. The van der Waals surface area contributed by atoms with Gasteiger partial charge in [0.05, 0.1) is 10.5 Å². The van der Waals surface area contributed by atoms with Gasteiger partial charge in [-0.3, -0.25) is 19.3 Å². The number of carbonyl (C=O) groups excluding carboxylic acids is 3. The summed E-state index contributed by atoms with van der Waals surface area (Å²) in [4.78, 5) is 37.6. The highest BCUT2D eigenvalue weighted by Gasteiger charge is 2.36. The summed E-state index contributed by atoms with van der Waals surface area (Å²) in [6.07, 6.45) is -3.16. The number of alkyl halides is 3. The number of imide groups is 1. The molecule has 2 aromatic rings. The molecule has 1 aliphatic rings. The zero-order valence-electron chi connectivity index (χ0n) is 15.4. The van der Waals surface area contributed by atoms with Crippen LogP contribution in [0.15, 0.2) is 47.4 Å². The van der Waals surface area contributed by atoms with Crippen LogP contribution in [0.2, 0.25) is 5.02 Å². The van der Waals surface area contributed by atoms with Crippen LogP contribution in [0.5, 0.6) is 0 Å². The van der Waals surface area contributed by atoms with Crippen LogP contribution in [0.25, 0.3) is 6.08 Å². The van der Waals surface area contributed by atoms with Crippen LogP contribution >= 0.6 is 23.4 Å². The van der Waals surface area contributed by atoms with Crippen LogP contribution in [0.1, 0.15) is 16.7 Å². The summed E-state index contributed by atoms with van der Waals surface area (Å²) < 4.78 is 37.9. The van der Waals surface area contributed by atoms with E-state index < -0.39 is 35.3 Å². The van der Waals surface area contributed by atoms with Crippen molar-refractivity contribution >= 4 is 52.2 Å². The van der Waals surface area contributed by atoms with Crippen LogP contribution in [-0.4, -0.2) is 28.5 Å². The molecule has 1 saturated heterocycles. The Hall–Kier alpha value is -2.78. The van der Waals surface area contributed by atoms with Gasteiger partial charge in [0.2, 0.25) is 5.91 Å². The molecule has 1 aliphatic heterocycles. The van der Waals surface area contributed by atoms with Crippen molar-refractivity contribution in [2.24, 2.45) is 0 Å². The predicted molar refractivity (Wildman–Crippen MR) is 109 cm³/mol. The van der Waals surface area contributed by atoms with Gasteiger partial charge in [0, 0.05) is 10.7 Å².